The van der Waals surface area contributed by atoms with Crippen molar-refractivity contribution in [1.29, 1.82) is 0 Å². The van der Waals surface area contributed by atoms with Crippen molar-refractivity contribution in [3.63, 3.8) is 0 Å². The molecule has 0 aliphatic rings. The second-order valence-electron chi connectivity index (χ2n) is 5.44. The maximum absolute atomic E-state index is 5.90. The van der Waals surface area contributed by atoms with Gasteiger partial charge in [0.05, 0.1) is 19.4 Å². The van der Waals surface area contributed by atoms with Gasteiger partial charge in [0.1, 0.15) is 0 Å². The van der Waals surface area contributed by atoms with Gasteiger partial charge in [0.15, 0.2) is 16.7 Å². The van der Waals surface area contributed by atoms with Gasteiger partial charge in [0.2, 0.25) is 0 Å². The van der Waals surface area contributed by atoms with Crippen LogP contribution in [0, 0.1) is 0 Å². The second kappa shape index (κ2) is 11.2. The third kappa shape index (κ3) is 6.80. The third-order valence-corrected chi connectivity index (χ3v) is 4.18. The van der Waals surface area contributed by atoms with E-state index in [9.17, 15) is 0 Å². The SMILES string of the molecule is CCCOc1ccc(C=NN=C(N)SCc2ccccc2)cc1OCC. The Bertz CT molecular complexity index is 733. The first-order valence-electron chi connectivity index (χ1n) is 8.65. The number of rotatable bonds is 9. The molecule has 2 aromatic carbocycles. The highest BCUT2D eigenvalue weighted by molar-refractivity contribution is 8.13. The average molecular weight is 372 g/mol. The van der Waals surface area contributed by atoms with Crippen LogP contribution in [0.15, 0.2) is 58.7 Å². The first-order valence-corrected chi connectivity index (χ1v) is 9.64. The number of benzene rings is 2. The topological polar surface area (TPSA) is 69.2 Å². The lowest BCUT2D eigenvalue weighted by atomic mass is 10.2. The van der Waals surface area contributed by atoms with Gasteiger partial charge in [-0.1, -0.05) is 49.0 Å². The number of ether oxygens (including phenoxy) is 2. The fourth-order valence-corrected chi connectivity index (χ4v) is 2.73. The summed E-state index contributed by atoms with van der Waals surface area (Å²) in [5.74, 6) is 2.22. The monoisotopic (exact) mass is 371 g/mol. The molecule has 6 heteroatoms. The van der Waals surface area contributed by atoms with Crippen LogP contribution in [-0.4, -0.2) is 24.6 Å². The minimum atomic E-state index is 0.429. The van der Waals surface area contributed by atoms with Crippen LogP contribution in [0.1, 0.15) is 31.4 Å². The van der Waals surface area contributed by atoms with Crippen LogP contribution in [-0.2, 0) is 5.75 Å². The largest absolute Gasteiger partial charge is 0.490 e. The zero-order valence-corrected chi connectivity index (χ0v) is 16.0. The zero-order valence-electron chi connectivity index (χ0n) is 15.2. The second-order valence-corrected chi connectivity index (χ2v) is 6.44. The minimum absolute atomic E-state index is 0.429. The van der Waals surface area contributed by atoms with E-state index in [1.54, 1.807) is 6.21 Å². The summed E-state index contributed by atoms with van der Waals surface area (Å²) in [5, 5.41) is 8.53. The molecule has 138 valence electrons. The smallest absolute Gasteiger partial charge is 0.180 e. The highest BCUT2D eigenvalue weighted by Gasteiger charge is 2.05. The molecule has 0 saturated heterocycles. The van der Waals surface area contributed by atoms with Crippen LogP contribution in [0.3, 0.4) is 0 Å². The molecule has 0 unspecified atom stereocenters. The quantitative estimate of drug-likeness (QED) is 0.401. The molecule has 0 bridgehead atoms. The molecule has 0 saturated carbocycles. The summed E-state index contributed by atoms with van der Waals surface area (Å²) in [5.41, 5.74) is 7.97. The molecule has 0 spiro atoms. The zero-order chi connectivity index (χ0) is 18.6. The minimum Gasteiger partial charge on any atom is -0.490 e. The van der Waals surface area contributed by atoms with Gasteiger partial charge in [-0.2, -0.15) is 5.10 Å². The van der Waals surface area contributed by atoms with Gasteiger partial charge in [-0.3, -0.25) is 0 Å². The molecule has 0 aromatic heterocycles. The molecule has 2 rings (SSSR count). The molecular weight excluding hydrogens is 346 g/mol. The number of thioether (sulfide) groups is 1. The lowest BCUT2D eigenvalue weighted by Crippen LogP contribution is -2.06. The van der Waals surface area contributed by atoms with Crippen molar-refractivity contribution >= 4 is 23.1 Å². The summed E-state index contributed by atoms with van der Waals surface area (Å²) in [7, 11) is 0. The van der Waals surface area contributed by atoms with Crippen LogP contribution in [0.25, 0.3) is 0 Å². The van der Waals surface area contributed by atoms with E-state index >= 15 is 0 Å². The summed E-state index contributed by atoms with van der Waals surface area (Å²) < 4.78 is 11.3. The Balaban J connectivity index is 1.96. The molecular formula is C20H25N3O2S. The maximum atomic E-state index is 5.90. The summed E-state index contributed by atoms with van der Waals surface area (Å²) in [6.07, 6.45) is 2.60. The van der Waals surface area contributed by atoms with E-state index in [2.05, 4.69) is 29.3 Å². The van der Waals surface area contributed by atoms with Gasteiger partial charge in [-0.15, -0.1) is 5.10 Å². The Labute approximate surface area is 159 Å². The predicted octanol–water partition coefficient (Wildman–Crippen LogP) is 4.46. The van der Waals surface area contributed by atoms with Crippen LogP contribution >= 0.6 is 11.8 Å². The Morgan fingerprint density at radius 1 is 1.08 bits per heavy atom. The first-order chi connectivity index (χ1) is 12.7. The van der Waals surface area contributed by atoms with Crippen LogP contribution in [0.4, 0.5) is 0 Å². The van der Waals surface area contributed by atoms with Crippen LogP contribution in [0.5, 0.6) is 11.5 Å². The van der Waals surface area contributed by atoms with Crippen LogP contribution in [0.2, 0.25) is 0 Å². The van der Waals surface area contributed by atoms with Gasteiger partial charge in [0, 0.05) is 5.75 Å². The normalized spacial score (nSPS) is 11.7. The molecule has 5 nitrogen and oxygen atoms in total. The molecule has 2 aromatic rings. The molecule has 0 heterocycles. The molecule has 0 fully saturated rings. The van der Waals surface area contributed by atoms with Crippen molar-refractivity contribution in [2.75, 3.05) is 13.2 Å². The molecule has 0 atom stereocenters. The number of nitrogens with zero attached hydrogens (tertiary/aromatic N) is 2. The molecule has 26 heavy (non-hydrogen) atoms. The molecule has 0 radical (unpaired) electrons. The third-order valence-electron chi connectivity index (χ3n) is 3.32. The Morgan fingerprint density at radius 2 is 1.88 bits per heavy atom. The average Bonchev–Trinajstić information content (AvgIpc) is 2.67. The van der Waals surface area contributed by atoms with Crippen molar-refractivity contribution in [3.8, 4) is 11.5 Å². The lowest BCUT2D eigenvalue weighted by Gasteiger charge is -2.11. The van der Waals surface area contributed by atoms with Gasteiger partial charge >= 0.3 is 0 Å². The summed E-state index contributed by atoms with van der Waals surface area (Å²) in [6.45, 7) is 5.25. The Morgan fingerprint density at radius 3 is 2.62 bits per heavy atom. The highest BCUT2D eigenvalue weighted by atomic mass is 32.2. The van der Waals surface area contributed by atoms with E-state index in [4.69, 9.17) is 15.2 Å². The van der Waals surface area contributed by atoms with Gasteiger partial charge in [0.25, 0.3) is 0 Å². The van der Waals surface area contributed by atoms with Crippen molar-refractivity contribution < 1.29 is 9.47 Å². The predicted molar refractivity (Wildman–Crippen MR) is 110 cm³/mol. The van der Waals surface area contributed by atoms with E-state index in [0.717, 1.165) is 23.5 Å². The number of nitrogens with two attached hydrogens (primary N) is 1. The summed E-state index contributed by atoms with van der Waals surface area (Å²) >= 11 is 1.46. The Kier molecular flexibility index (Phi) is 8.55. The fourth-order valence-electron chi connectivity index (χ4n) is 2.12. The van der Waals surface area contributed by atoms with E-state index in [1.165, 1.54) is 17.3 Å². The Hall–Kier alpha value is -2.47. The van der Waals surface area contributed by atoms with Crippen molar-refractivity contribution in [2.24, 2.45) is 15.9 Å². The summed E-state index contributed by atoms with van der Waals surface area (Å²) in [6, 6.07) is 15.8. The van der Waals surface area contributed by atoms with Crippen LogP contribution < -0.4 is 15.2 Å². The fraction of sp³-hybridized carbons (Fsp3) is 0.300. The van der Waals surface area contributed by atoms with E-state index in [1.807, 2.05) is 43.3 Å². The lowest BCUT2D eigenvalue weighted by molar-refractivity contribution is 0.277. The highest BCUT2D eigenvalue weighted by Crippen LogP contribution is 2.28. The van der Waals surface area contributed by atoms with Crippen molar-refractivity contribution in [2.45, 2.75) is 26.0 Å². The van der Waals surface area contributed by atoms with Gasteiger partial charge in [-0.25, -0.2) is 0 Å². The standard InChI is InChI=1S/C20H25N3O2S/c1-3-12-25-18-11-10-17(13-19(18)24-4-2)14-22-23-20(21)26-15-16-8-6-5-7-9-16/h5-11,13-14H,3-4,12,15H2,1-2H3,(H2,21,23). The molecule has 0 aliphatic heterocycles. The first kappa shape index (κ1) is 19.8. The van der Waals surface area contributed by atoms with Crippen molar-refractivity contribution in [3.05, 3.63) is 59.7 Å². The van der Waals surface area contributed by atoms with E-state index in [-0.39, 0.29) is 0 Å². The van der Waals surface area contributed by atoms with Crippen molar-refractivity contribution in [1.82, 2.24) is 0 Å². The molecule has 0 aliphatic carbocycles. The maximum Gasteiger partial charge on any atom is 0.180 e. The van der Waals surface area contributed by atoms with Gasteiger partial charge < -0.3 is 15.2 Å². The molecule has 2 N–H and O–H groups in total. The number of hydrogen-bond donors (Lipinski definition) is 1. The summed E-state index contributed by atoms with van der Waals surface area (Å²) in [4.78, 5) is 0. The van der Waals surface area contributed by atoms with Gasteiger partial charge in [-0.05, 0) is 42.7 Å². The van der Waals surface area contributed by atoms with E-state index < -0.39 is 0 Å². The number of amidine groups is 1. The molecule has 0 amide bonds. The number of hydrogen-bond acceptors (Lipinski definition) is 5. The van der Waals surface area contributed by atoms with E-state index in [0.29, 0.717) is 24.1 Å².